The molecule has 1 unspecified atom stereocenters. The van der Waals surface area contributed by atoms with Gasteiger partial charge in [0.25, 0.3) is 0 Å². The van der Waals surface area contributed by atoms with Crippen LogP contribution in [0.3, 0.4) is 0 Å². The highest BCUT2D eigenvalue weighted by molar-refractivity contribution is 5.71. The topological polar surface area (TPSA) is 78.9 Å². The van der Waals surface area contributed by atoms with Gasteiger partial charge in [0.15, 0.2) is 6.10 Å². The molecule has 0 aromatic rings. The third-order valence-electron chi connectivity index (χ3n) is 15.3. The fourth-order valence-corrected chi connectivity index (χ4v) is 10.1. The van der Waals surface area contributed by atoms with Crippen molar-refractivity contribution >= 4 is 17.9 Å². The van der Waals surface area contributed by atoms with Gasteiger partial charge in [-0.05, 0) is 103 Å². The number of rotatable bonds is 64. The molecule has 0 radical (unpaired) electrons. The molecule has 0 rings (SSSR count). The molecule has 0 aliphatic heterocycles. The molecule has 0 fully saturated rings. The average Bonchev–Trinajstić information content (AvgIpc) is 3.50. The van der Waals surface area contributed by atoms with E-state index in [0.717, 1.165) is 122 Å². The van der Waals surface area contributed by atoms with E-state index in [9.17, 15) is 14.4 Å². The lowest BCUT2D eigenvalue weighted by atomic mass is 10.0. The number of hydrogen-bond acceptors (Lipinski definition) is 6. The molecule has 0 bridgehead atoms. The first-order chi connectivity index (χ1) is 41.0. The van der Waals surface area contributed by atoms with E-state index >= 15 is 0 Å². The second-order valence-electron chi connectivity index (χ2n) is 23.4. The van der Waals surface area contributed by atoms with E-state index < -0.39 is 6.10 Å². The summed E-state index contributed by atoms with van der Waals surface area (Å²) in [4.78, 5) is 38.5. The number of esters is 3. The summed E-state index contributed by atoms with van der Waals surface area (Å²) >= 11 is 0. The fraction of sp³-hybridized carbons (Fsp3) is 0.727. The number of allylic oxidation sites excluding steroid dienone is 18. The molecule has 83 heavy (non-hydrogen) atoms. The molecular formula is C77H132O6. The Kier molecular flexibility index (Phi) is 67.2. The zero-order chi connectivity index (χ0) is 59.9. The second-order valence-corrected chi connectivity index (χ2v) is 23.4. The van der Waals surface area contributed by atoms with Gasteiger partial charge in [-0.15, -0.1) is 0 Å². The van der Waals surface area contributed by atoms with Gasteiger partial charge >= 0.3 is 17.9 Å². The van der Waals surface area contributed by atoms with Gasteiger partial charge in [0.2, 0.25) is 0 Å². The second kappa shape index (κ2) is 70.6. The Bertz CT molecular complexity index is 1660. The summed E-state index contributed by atoms with van der Waals surface area (Å²) in [6, 6.07) is 0. The molecule has 0 aliphatic carbocycles. The van der Waals surface area contributed by atoms with Crippen LogP contribution in [-0.2, 0) is 28.6 Å². The largest absolute Gasteiger partial charge is 0.462 e. The molecule has 0 aliphatic rings. The van der Waals surface area contributed by atoms with Crippen molar-refractivity contribution in [2.45, 2.75) is 348 Å². The van der Waals surface area contributed by atoms with Crippen LogP contribution < -0.4 is 0 Å². The van der Waals surface area contributed by atoms with Crippen LogP contribution in [0.15, 0.2) is 109 Å². The van der Waals surface area contributed by atoms with E-state index in [1.807, 2.05) is 0 Å². The Morgan fingerprint density at radius 1 is 0.253 bits per heavy atom. The monoisotopic (exact) mass is 1150 g/mol. The maximum absolute atomic E-state index is 12.9. The van der Waals surface area contributed by atoms with Crippen molar-refractivity contribution in [1.29, 1.82) is 0 Å². The zero-order valence-electron chi connectivity index (χ0n) is 54.7. The first-order valence-electron chi connectivity index (χ1n) is 35.4. The Morgan fingerprint density at radius 3 is 0.747 bits per heavy atom. The van der Waals surface area contributed by atoms with E-state index in [2.05, 4.69) is 130 Å². The Labute approximate surface area is 514 Å². The lowest BCUT2D eigenvalue weighted by Crippen LogP contribution is -2.30. The van der Waals surface area contributed by atoms with Crippen molar-refractivity contribution in [1.82, 2.24) is 0 Å². The molecule has 476 valence electrons. The molecule has 0 N–H and O–H groups in total. The van der Waals surface area contributed by atoms with Crippen LogP contribution in [0.5, 0.6) is 0 Å². The lowest BCUT2D eigenvalue weighted by Gasteiger charge is -2.18. The standard InChI is InChI=1S/C77H132O6/c1-4-7-10-13-16-19-22-25-28-31-34-35-36-37-38-39-40-41-44-46-49-52-55-58-61-64-67-70-76(79)82-73-74(83-77(80)71-68-65-62-59-56-53-50-47-43-33-30-27-24-21-18-15-12-9-6-3)72-81-75(78)69-66-63-60-57-54-51-48-45-42-32-29-26-23-20-17-14-11-8-5-2/h7,9-10,12,16,18-19,21,25,27-28,30,34-35,43,47,53,56,74H,4-6,8,11,13-15,17,20,22-24,26,29,31-33,36-42,44-46,48-52,54-55,57-73H2,1-3H3/b10-7-,12-9-,19-16-,21-18-,28-25-,30-27-,35-34-,47-43-,56-53-. The molecule has 0 amide bonds. The minimum absolute atomic E-state index is 0.0885. The highest BCUT2D eigenvalue weighted by atomic mass is 16.6. The molecule has 0 saturated carbocycles. The van der Waals surface area contributed by atoms with Crippen molar-refractivity contribution in [2.24, 2.45) is 0 Å². The highest BCUT2D eigenvalue weighted by Crippen LogP contribution is 2.18. The highest BCUT2D eigenvalue weighted by Gasteiger charge is 2.19. The van der Waals surface area contributed by atoms with E-state index in [-0.39, 0.29) is 37.5 Å². The van der Waals surface area contributed by atoms with Gasteiger partial charge in [0.1, 0.15) is 13.2 Å². The summed E-state index contributed by atoms with van der Waals surface area (Å²) in [6.07, 6.45) is 96.8. The summed E-state index contributed by atoms with van der Waals surface area (Å²) in [5, 5.41) is 0. The van der Waals surface area contributed by atoms with Gasteiger partial charge in [-0.25, -0.2) is 0 Å². The van der Waals surface area contributed by atoms with Gasteiger partial charge < -0.3 is 14.2 Å². The predicted molar refractivity (Wildman–Crippen MR) is 362 cm³/mol. The Hall–Kier alpha value is -3.93. The predicted octanol–water partition coefficient (Wildman–Crippen LogP) is 24.6. The van der Waals surface area contributed by atoms with E-state index in [0.29, 0.717) is 12.8 Å². The van der Waals surface area contributed by atoms with Crippen LogP contribution in [-0.4, -0.2) is 37.2 Å². The van der Waals surface area contributed by atoms with Crippen LogP contribution in [0.4, 0.5) is 0 Å². The molecule has 0 heterocycles. The molecule has 0 aromatic heterocycles. The molecule has 0 aromatic carbocycles. The van der Waals surface area contributed by atoms with Gasteiger partial charge in [-0.1, -0.05) is 329 Å². The zero-order valence-corrected chi connectivity index (χ0v) is 54.7. The Balaban J connectivity index is 4.36. The van der Waals surface area contributed by atoms with Crippen LogP contribution in [0, 0.1) is 0 Å². The molecule has 0 spiro atoms. The molecule has 0 saturated heterocycles. The molecular weight excluding hydrogens is 1020 g/mol. The lowest BCUT2D eigenvalue weighted by molar-refractivity contribution is -0.167. The third-order valence-corrected chi connectivity index (χ3v) is 15.3. The van der Waals surface area contributed by atoms with Crippen LogP contribution in [0.1, 0.15) is 342 Å². The summed E-state index contributed by atoms with van der Waals surface area (Å²) in [5.74, 6) is -0.905. The molecule has 1 atom stereocenters. The minimum atomic E-state index is -0.797. The van der Waals surface area contributed by atoms with Crippen molar-refractivity contribution in [3.8, 4) is 0 Å². The van der Waals surface area contributed by atoms with Crippen molar-refractivity contribution < 1.29 is 28.6 Å². The number of unbranched alkanes of at least 4 members (excludes halogenated alkanes) is 35. The van der Waals surface area contributed by atoms with E-state index in [1.165, 1.54) is 180 Å². The average molecular weight is 1150 g/mol. The Morgan fingerprint density at radius 2 is 0.470 bits per heavy atom. The van der Waals surface area contributed by atoms with Crippen LogP contribution >= 0.6 is 0 Å². The smallest absolute Gasteiger partial charge is 0.306 e. The number of hydrogen-bond donors (Lipinski definition) is 0. The summed E-state index contributed by atoms with van der Waals surface area (Å²) in [7, 11) is 0. The van der Waals surface area contributed by atoms with Gasteiger partial charge in [-0.3, -0.25) is 14.4 Å². The van der Waals surface area contributed by atoms with E-state index in [4.69, 9.17) is 14.2 Å². The summed E-state index contributed by atoms with van der Waals surface area (Å²) in [5.41, 5.74) is 0. The van der Waals surface area contributed by atoms with E-state index in [1.54, 1.807) is 0 Å². The van der Waals surface area contributed by atoms with Crippen molar-refractivity contribution in [2.75, 3.05) is 13.2 Å². The minimum Gasteiger partial charge on any atom is -0.462 e. The van der Waals surface area contributed by atoms with Crippen molar-refractivity contribution in [3.05, 3.63) is 109 Å². The summed E-state index contributed by atoms with van der Waals surface area (Å²) in [6.45, 7) is 6.43. The number of carbonyl (C=O) groups is 3. The quantitative estimate of drug-likeness (QED) is 0.0261. The summed E-state index contributed by atoms with van der Waals surface area (Å²) < 4.78 is 17.0. The maximum atomic E-state index is 12.9. The van der Waals surface area contributed by atoms with Gasteiger partial charge in [-0.2, -0.15) is 0 Å². The van der Waals surface area contributed by atoms with Gasteiger partial charge in [0, 0.05) is 19.3 Å². The normalized spacial score (nSPS) is 12.8. The first-order valence-corrected chi connectivity index (χ1v) is 35.4. The van der Waals surface area contributed by atoms with Gasteiger partial charge in [0.05, 0.1) is 0 Å². The first kappa shape index (κ1) is 79.1. The number of carbonyl (C=O) groups excluding carboxylic acids is 3. The van der Waals surface area contributed by atoms with Crippen LogP contribution in [0.25, 0.3) is 0 Å². The molecule has 6 nitrogen and oxygen atoms in total. The fourth-order valence-electron chi connectivity index (χ4n) is 10.1. The molecule has 6 heteroatoms. The van der Waals surface area contributed by atoms with Crippen molar-refractivity contribution in [3.63, 3.8) is 0 Å². The maximum Gasteiger partial charge on any atom is 0.306 e. The SMILES string of the molecule is CC/C=C\C/C=C\C/C=C\C/C=C\C/C=C\CCCCCC(=O)OC(COC(=O)CCCCCCCCCCCCCCCC/C=C\C/C=C\C/C=C\C/C=C\CC)COC(=O)CCCCCCCCCCCCCCCCCCCCC. The third kappa shape index (κ3) is 68.7. The van der Waals surface area contributed by atoms with Crippen LogP contribution in [0.2, 0.25) is 0 Å². The number of ether oxygens (including phenoxy) is 3.